The van der Waals surface area contributed by atoms with Crippen LogP contribution in [0.25, 0.3) is 6.08 Å². The van der Waals surface area contributed by atoms with E-state index >= 15 is 0 Å². The van der Waals surface area contributed by atoms with E-state index in [1.807, 2.05) is 0 Å². The van der Waals surface area contributed by atoms with Gasteiger partial charge in [-0.3, -0.25) is 29.9 Å². The van der Waals surface area contributed by atoms with Crippen molar-refractivity contribution in [2.24, 2.45) is 0 Å². The third-order valence-corrected chi connectivity index (χ3v) is 7.41. The number of non-ortho nitro benzene ring substituents is 2. The minimum atomic E-state index is -4.41. The van der Waals surface area contributed by atoms with Crippen LogP contribution in [0.5, 0.6) is 5.75 Å². The molecule has 0 spiro atoms. The second-order valence-electron chi connectivity index (χ2n) is 7.71. The number of carbonyl (C=O) groups excluding carboxylic acids is 1. The zero-order valence-corrected chi connectivity index (χ0v) is 19.6. The number of amides is 1. The summed E-state index contributed by atoms with van der Waals surface area (Å²) in [6.07, 6.45) is 1.07. The van der Waals surface area contributed by atoms with Gasteiger partial charge in [0.05, 0.1) is 16.5 Å². The molecule has 1 atom stereocenters. The largest absolute Gasteiger partial charge is 0.494 e. The van der Waals surface area contributed by atoms with Crippen LogP contribution in [0.1, 0.15) is 23.4 Å². The van der Waals surface area contributed by atoms with Crippen molar-refractivity contribution < 1.29 is 27.8 Å². The normalized spacial score (nSPS) is 17.8. The fraction of sp³-hybridized carbons (Fsp3) is 0.125. The zero-order valence-electron chi connectivity index (χ0n) is 18.8. The lowest BCUT2D eigenvalue weighted by Crippen LogP contribution is -2.29. The maximum atomic E-state index is 13.7. The third-order valence-electron chi connectivity index (χ3n) is 5.44. The minimum absolute atomic E-state index is 0.0221. The van der Waals surface area contributed by atoms with Crippen LogP contribution in [-0.2, 0) is 14.6 Å². The fourth-order valence-electron chi connectivity index (χ4n) is 3.87. The highest BCUT2D eigenvalue weighted by Crippen LogP contribution is 2.44. The Morgan fingerprint density at radius 2 is 1.56 bits per heavy atom. The Morgan fingerprint density at radius 1 is 0.944 bits per heavy atom. The van der Waals surface area contributed by atoms with Gasteiger partial charge in [-0.2, -0.15) is 0 Å². The van der Waals surface area contributed by atoms with Crippen molar-refractivity contribution in [1.29, 1.82) is 0 Å². The van der Waals surface area contributed by atoms with Crippen LogP contribution >= 0.6 is 0 Å². The first-order valence-corrected chi connectivity index (χ1v) is 12.2. The first-order valence-electron chi connectivity index (χ1n) is 10.6. The van der Waals surface area contributed by atoms with Crippen molar-refractivity contribution in [1.82, 2.24) is 0 Å². The summed E-state index contributed by atoms with van der Waals surface area (Å²) in [6, 6.07) is 16.4. The van der Waals surface area contributed by atoms with E-state index in [2.05, 4.69) is 0 Å². The van der Waals surface area contributed by atoms with Gasteiger partial charge in [0.15, 0.2) is 5.37 Å². The molecular formula is C24H19N3O8S. The van der Waals surface area contributed by atoms with Crippen LogP contribution in [0.15, 0.2) is 77.7 Å². The van der Waals surface area contributed by atoms with Gasteiger partial charge < -0.3 is 4.74 Å². The Labute approximate surface area is 205 Å². The molecule has 1 fully saturated rings. The predicted octanol–water partition coefficient (Wildman–Crippen LogP) is 4.40. The Bertz CT molecular complexity index is 1500. The van der Waals surface area contributed by atoms with Gasteiger partial charge in [0, 0.05) is 30.0 Å². The molecule has 1 amide bonds. The van der Waals surface area contributed by atoms with E-state index in [1.54, 1.807) is 19.1 Å². The number of hydrogen-bond acceptors (Lipinski definition) is 8. The maximum absolute atomic E-state index is 13.7. The van der Waals surface area contributed by atoms with Gasteiger partial charge in [0.1, 0.15) is 10.7 Å². The molecule has 1 saturated heterocycles. The highest BCUT2D eigenvalue weighted by atomic mass is 32.2. The van der Waals surface area contributed by atoms with Crippen LogP contribution in [0, 0.1) is 20.2 Å². The molecule has 184 valence electrons. The minimum Gasteiger partial charge on any atom is -0.494 e. The summed E-state index contributed by atoms with van der Waals surface area (Å²) in [5, 5.41) is 20.9. The van der Waals surface area contributed by atoms with Crippen LogP contribution in [0.2, 0.25) is 0 Å². The van der Waals surface area contributed by atoms with Crippen LogP contribution in [0.4, 0.5) is 17.1 Å². The van der Waals surface area contributed by atoms with Crippen molar-refractivity contribution in [2.75, 3.05) is 11.5 Å². The molecule has 11 nitrogen and oxygen atoms in total. The quantitative estimate of drug-likeness (QED) is 0.258. The monoisotopic (exact) mass is 509 g/mol. The standard InChI is InChI=1S/C24H19N3O8S/c1-2-35-21-11-9-18(10-12-21)25-23(28)22(14-16-5-3-7-19(13-16)26(29)30)36(33,34)24(25)17-6-4-8-20(15-17)27(31)32/h3-15,24H,2H2,1H3/b22-14+/t24-/m0/s1. The topological polar surface area (TPSA) is 150 Å². The lowest BCUT2D eigenvalue weighted by Gasteiger charge is -2.23. The molecule has 36 heavy (non-hydrogen) atoms. The van der Waals surface area contributed by atoms with Crippen molar-refractivity contribution in [2.45, 2.75) is 12.3 Å². The SMILES string of the molecule is CCOc1ccc(N2C(=O)/C(=C\c3cccc([N+](=O)[O-])c3)S(=O)(=O)[C@H]2c2cccc([N+](=O)[O-])c2)cc1. The van der Waals surface area contributed by atoms with Gasteiger partial charge in [-0.05, 0) is 48.4 Å². The lowest BCUT2D eigenvalue weighted by atomic mass is 10.1. The smallest absolute Gasteiger partial charge is 0.271 e. The molecule has 0 aromatic heterocycles. The predicted molar refractivity (Wildman–Crippen MR) is 131 cm³/mol. The van der Waals surface area contributed by atoms with E-state index in [0.717, 1.165) is 23.1 Å². The summed E-state index contributed by atoms with van der Waals surface area (Å²) >= 11 is 0. The van der Waals surface area contributed by atoms with E-state index < -0.39 is 35.9 Å². The molecule has 4 rings (SSSR count). The highest BCUT2D eigenvalue weighted by Gasteiger charge is 2.50. The summed E-state index contributed by atoms with van der Waals surface area (Å²) < 4.78 is 32.8. The Balaban J connectivity index is 1.90. The van der Waals surface area contributed by atoms with Gasteiger partial charge in [-0.1, -0.05) is 24.3 Å². The average Bonchev–Trinajstić information content (AvgIpc) is 3.05. The van der Waals surface area contributed by atoms with Gasteiger partial charge in [0.2, 0.25) is 9.84 Å². The number of hydrogen-bond donors (Lipinski definition) is 0. The van der Waals surface area contributed by atoms with Crippen molar-refractivity contribution in [3.63, 3.8) is 0 Å². The van der Waals surface area contributed by atoms with E-state index in [4.69, 9.17) is 4.74 Å². The summed E-state index contributed by atoms with van der Waals surface area (Å²) in [5.41, 5.74) is -0.217. The number of nitro benzene ring substituents is 2. The Morgan fingerprint density at radius 3 is 2.17 bits per heavy atom. The van der Waals surface area contributed by atoms with Crippen LogP contribution in [0.3, 0.4) is 0 Å². The van der Waals surface area contributed by atoms with E-state index in [9.17, 15) is 33.4 Å². The molecule has 0 bridgehead atoms. The summed E-state index contributed by atoms with van der Waals surface area (Å²) in [6.45, 7) is 2.20. The van der Waals surface area contributed by atoms with Crippen LogP contribution < -0.4 is 9.64 Å². The molecule has 1 heterocycles. The van der Waals surface area contributed by atoms with Crippen molar-refractivity contribution in [3.8, 4) is 5.75 Å². The van der Waals surface area contributed by atoms with E-state index in [1.165, 1.54) is 48.5 Å². The van der Waals surface area contributed by atoms with Crippen LogP contribution in [-0.4, -0.2) is 30.8 Å². The summed E-state index contributed by atoms with van der Waals surface area (Å²) in [7, 11) is -4.41. The number of carbonyl (C=O) groups is 1. The lowest BCUT2D eigenvalue weighted by molar-refractivity contribution is -0.385. The molecule has 12 heteroatoms. The van der Waals surface area contributed by atoms with E-state index in [0.29, 0.717) is 12.4 Å². The number of nitrogens with zero attached hydrogens (tertiary/aromatic N) is 3. The molecule has 3 aromatic rings. The Kier molecular flexibility index (Phi) is 6.53. The number of anilines is 1. The molecule has 3 aromatic carbocycles. The van der Waals surface area contributed by atoms with Gasteiger partial charge in [-0.15, -0.1) is 0 Å². The molecule has 0 aliphatic carbocycles. The summed E-state index contributed by atoms with van der Waals surface area (Å²) in [5.74, 6) is -0.364. The first-order chi connectivity index (χ1) is 17.1. The fourth-order valence-corrected chi connectivity index (χ4v) is 5.75. The molecule has 1 aliphatic rings. The molecule has 1 aliphatic heterocycles. The molecule has 0 unspecified atom stereocenters. The molecule has 0 N–H and O–H groups in total. The average molecular weight is 509 g/mol. The third kappa shape index (κ3) is 4.53. The summed E-state index contributed by atoms with van der Waals surface area (Å²) in [4.78, 5) is 35.2. The number of rotatable bonds is 7. The molecule has 0 saturated carbocycles. The van der Waals surface area contributed by atoms with Gasteiger partial charge in [-0.25, -0.2) is 8.42 Å². The zero-order chi connectivity index (χ0) is 26.0. The van der Waals surface area contributed by atoms with Gasteiger partial charge >= 0.3 is 0 Å². The Hall–Kier alpha value is -4.58. The van der Waals surface area contributed by atoms with Crippen molar-refractivity contribution >= 4 is 38.9 Å². The maximum Gasteiger partial charge on any atom is 0.271 e. The second-order valence-corrected chi connectivity index (χ2v) is 9.69. The molecule has 0 radical (unpaired) electrons. The number of nitro groups is 2. The highest BCUT2D eigenvalue weighted by molar-refractivity contribution is 7.97. The second kappa shape index (κ2) is 9.58. The first kappa shape index (κ1) is 24.5. The van der Waals surface area contributed by atoms with Crippen molar-refractivity contribution in [3.05, 3.63) is 109 Å². The number of benzene rings is 3. The van der Waals surface area contributed by atoms with Gasteiger partial charge in [0.25, 0.3) is 17.3 Å². The number of ether oxygens (including phenoxy) is 1. The molecular weight excluding hydrogens is 490 g/mol. The number of sulfone groups is 1. The van der Waals surface area contributed by atoms with E-state index in [-0.39, 0.29) is 28.2 Å².